The van der Waals surface area contributed by atoms with E-state index in [2.05, 4.69) is 10.5 Å². The highest BCUT2D eigenvalue weighted by atomic mass is 16.4. The first-order chi connectivity index (χ1) is 8.36. The number of hydrogen-bond acceptors (Lipinski definition) is 4. The van der Waals surface area contributed by atoms with Crippen molar-refractivity contribution in [3.8, 4) is 5.75 Å². The van der Waals surface area contributed by atoms with E-state index < -0.39 is 5.54 Å². The van der Waals surface area contributed by atoms with E-state index in [-0.39, 0.29) is 23.9 Å². The predicted molar refractivity (Wildman–Crippen MR) is 67.4 cm³/mol. The molecule has 0 saturated carbocycles. The summed E-state index contributed by atoms with van der Waals surface area (Å²) >= 11 is 0. The molecule has 6 heteroatoms. The third-order valence-electron chi connectivity index (χ3n) is 2.54. The van der Waals surface area contributed by atoms with E-state index >= 15 is 0 Å². The summed E-state index contributed by atoms with van der Waals surface area (Å²) in [5.41, 5.74) is 5.03. The van der Waals surface area contributed by atoms with Crippen molar-refractivity contribution in [3.05, 3.63) is 29.8 Å². The Morgan fingerprint density at radius 2 is 2.06 bits per heavy atom. The molecule has 0 aliphatic heterocycles. The standard InChI is InChI=1S/C12H17N3O3/c1-12(2,11(13)15-18)14-10(17)7-8-5-3-4-6-9(8)16/h3-6,16,18H,7H2,1-2H3,(H2,13,15)(H,14,17). The van der Waals surface area contributed by atoms with Crippen molar-refractivity contribution in [2.75, 3.05) is 0 Å². The van der Waals surface area contributed by atoms with Crippen molar-refractivity contribution in [3.63, 3.8) is 0 Å². The molecule has 1 aromatic carbocycles. The minimum Gasteiger partial charge on any atom is -0.508 e. The fourth-order valence-electron chi connectivity index (χ4n) is 1.42. The molecule has 0 unspecified atom stereocenters. The quantitative estimate of drug-likeness (QED) is 0.271. The van der Waals surface area contributed by atoms with Gasteiger partial charge < -0.3 is 21.4 Å². The lowest BCUT2D eigenvalue weighted by atomic mass is 10.0. The zero-order valence-corrected chi connectivity index (χ0v) is 10.3. The fourth-order valence-corrected chi connectivity index (χ4v) is 1.42. The third kappa shape index (κ3) is 3.38. The molecule has 0 bridgehead atoms. The van der Waals surface area contributed by atoms with Crippen LogP contribution in [0.25, 0.3) is 0 Å². The van der Waals surface area contributed by atoms with Crippen molar-refractivity contribution < 1.29 is 15.1 Å². The van der Waals surface area contributed by atoms with Gasteiger partial charge in [0.15, 0.2) is 5.84 Å². The smallest absolute Gasteiger partial charge is 0.225 e. The maximum absolute atomic E-state index is 11.8. The van der Waals surface area contributed by atoms with E-state index in [0.717, 1.165) is 0 Å². The molecule has 98 valence electrons. The number of nitrogens with one attached hydrogen (secondary N) is 1. The van der Waals surface area contributed by atoms with Gasteiger partial charge in [-0.2, -0.15) is 0 Å². The van der Waals surface area contributed by atoms with Crippen LogP contribution in [0.2, 0.25) is 0 Å². The number of oxime groups is 1. The topological polar surface area (TPSA) is 108 Å². The summed E-state index contributed by atoms with van der Waals surface area (Å²) in [6.07, 6.45) is 0.0226. The van der Waals surface area contributed by atoms with Gasteiger partial charge in [-0.15, -0.1) is 0 Å². The first kappa shape index (κ1) is 13.8. The van der Waals surface area contributed by atoms with Gasteiger partial charge in [-0.25, -0.2) is 0 Å². The lowest BCUT2D eigenvalue weighted by molar-refractivity contribution is -0.121. The first-order valence-electron chi connectivity index (χ1n) is 5.42. The van der Waals surface area contributed by atoms with Crippen molar-refractivity contribution in [1.29, 1.82) is 0 Å². The van der Waals surface area contributed by atoms with Crippen LogP contribution >= 0.6 is 0 Å². The maximum Gasteiger partial charge on any atom is 0.225 e. The largest absolute Gasteiger partial charge is 0.508 e. The van der Waals surface area contributed by atoms with Gasteiger partial charge in [-0.1, -0.05) is 23.4 Å². The van der Waals surface area contributed by atoms with Gasteiger partial charge in [0.05, 0.1) is 12.0 Å². The number of rotatable bonds is 4. The molecule has 0 aromatic heterocycles. The lowest BCUT2D eigenvalue weighted by Gasteiger charge is -2.24. The molecule has 0 heterocycles. The summed E-state index contributed by atoms with van der Waals surface area (Å²) in [4.78, 5) is 11.8. The van der Waals surface area contributed by atoms with E-state index in [4.69, 9.17) is 10.9 Å². The summed E-state index contributed by atoms with van der Waals surface area (Å²) in [5.74, 6) is -0.351. The van der Waals surface area contributed by atoms with Crippen LogP contribution in [0, 0.1) is 0 Å². The molecule has 18 heavy (non-hydrogen) atoms. The molecule has 0 fully saturated rings. The SMILES string of the molecule is CC(C)(NC(=O)Cc1ccccc1O)/C(N)=N/O. The van der Waals surface area contributed by atoms with Crippen LogP contribution in [0.4, 0.5) is 0 Å². The van der Waals surface area contributed by atoms with Crippen LogP contribution in [0.5, 0.6) is 5.75 Å². The number of amides is 1. The molecule has 1 rings (SSSR count). The highest BCUT2D eigenvalue weighted by Gasteiger charge is 2.25. The second kappa shape index (κ2) is 5.39. The number of hydrogen-bond donors (Lipinski definition) is 4. The second-order valence-electron chi connectivity index (χ2n) is 4.46. The Labute approximate surface area is 105 Å². The van der Waals surface area contributed by atoms with Crippen LogP contribution in [0.3, 0.4) is 0 Å². The average Bonchev–Trinajstić information content (AvgIpc) is 2.30. The number of amidine groups is 1. The number of aromatic hydroxyl groups is 1. The molecule has 0 aliphatic carbocycles. The number of para-hydroxylation sites is 1. The van der Waals surface area contributed by atoms with Gasteiger partial charge in [-0.05, 0) is 19.9 Å². The van der Waals surface area contributed by atoms with Gasteiger partial charge in [0.1, 0.15) is 5.75 Å². The van der Waals surface area contributed by atoms with Gasteiger partial charge >= 0.3 is 0 Å². The van der Waals surface area contributed by atoms with Crippen LogP contribution < -0.4 is 11.1 Å². The Balaban J connectivity index is 2.71. The summed E-state index contributed by atoms with van der Waals surface area (Å²) in [6, 6.07) is 6.58. The molecule has 0 spiro atoms. The molecule has 1 aromatic rings. The number of phenols is 1. The Morgan fingerprint density at radius 1 is 1.44 bits per heavy atom. The van der Waals surface area contributed by atoms with Crippen molar-refractivity contribution >= 4 is 11.7 Å². The average molecular weight is 251 g/mol. The summed E-state index contributed by atoms with van der Waals surface area (Å²) < 4.78 is 0. The Hall–Kier alpha value is -2.24. The van der Waals surface area contributed by atoms with Crippen LogP contribution in [0.15, 0.2) is 29.4 Å². The van der Waals surface area contributed by atoms with E-state index in [0.29, 0.717) is 5.56 Å². The lowest BCUT2D eigenvalue weighted by Crippen LogP contribution is -2.53. The highest BCUT2D eigenvalue weighted by Crippen LogP contribution is 2.16. The zero-order valence-electron chi connectivity index (χ0n) is 10.3. The fraction of sp³-hybridized carbons (Fsp3) is 0.333. The molecule has 5 N–H and O–H groups in total. The number of nitrogens with zero attached hydrogens (tertiary/aromatic N) is 1. The minimum absolute atomic E-state index is 0.0226. The summed E-state index contributed by atoms with van der Waals surface area (Å²) in [7, 11) is 0. The van der Waals surface area contributed by atoms with Gasteiger partial charge in [0.2, 0.25) is 5.91 Å². The Morgan fingerprint density at radius 3 is 2.61 bits per heavy atom. The van der Waals surface area contributed by atoms with Crippen molar-refractivity contribution in [1.82, 2.24) is 5.32 Å². The molecular formula is C12H17N3O3. The molecule has 0 saturated heterocycles. The molecule has 0 atom stereocenters. The predicted octanol–water partition coefficient (Wildman–Crippen LogP) is 0.576. The molecular weight excluding hydrogens is 234 g/mol. The number of nitrogens with two attached hydrogens (primary N) is 1. The van der Waals surface area contributed by atoms with E-state index in [1.807, 2.05) is 0 Å². The molecule has 0 radical (unpaired) electrons. The zero-order chi connectivity index (χ0) is 13.8. The van der Waals surface area contributed by atoms with Crippen LogP contribution in [-0.2, 0) is 11.2 Å². The molecule has 1 amide bonds. The van der Waals surface area contributed by atoms with Crippen LogP contribution in [-0.4, -0.2) is 27.6 Å². The maximum atomic E-state index is 11.8. The molecule has 0 aliphatic rings. The third-order valence-corrected chi connectivity index (χ3v) is 2.54. The first-order valence-corrected chi connectivity index (χ1v) is 5.42. The van der Waals surface area contributed by atoms with E-state index in [1.54, 1.807) is 32.0 Å². The van der Waals surface area contributed by atoms with Crippen LogP contribution in [0.1, 0.15) is 19.4 Å². The number of benzene rings is 1. The second-order valence-corrected chi connectivity index (χ2v) is 4.46. The summed E-state index contributed by atoms with van der Waals surface area (Å²) in [6.45, 7) is 3.23. The Kier molecular flexibility index (Phi) is 4.14. The van der Waals surface area contributed by atoms with Gasteiger partial charge in [-0.3, -0.25) is 4.79 Å². The van der Waals surface area contributed by atoms with Crippen molar-refractivity contribution in [2.45, 2.75) is 25.8 Å². The highest BCUT2D eigenvalue weighted by molar-refractivity contribution is 5.93. The van der Waals surface area contributed by atoms with E-state index in [1.165, 1.54) is 6.07 Å². The van der Waals surface area contributed by atoms with Gasteiger partial charge in [0, 0.05) is 5.56 Å². The monoisotopic (exact) mass is 251 g/mol. The number of carbonyl (C=O) groups is 1. The normalized spacial score (nSPS) is 12.2. The minimum atomic E-state index is -0.948. The van der Waals surface area contributed by atoms with Gasteiger partial charge in [0.25, 0.3) is 0 Å². The van der Waals surface area contributed by atoms with Crippen molar-refractivity contribution in [2.24, 2.45) is 10.9 Å². The summed E-state index contributed by atoms with van der Waals surface area (Å²) in [5, 5.41) is 23.6. The number of carbonyl (C=O) groups excluding carboxylic acids is 1. The Bertz CT molecular complexity index is 469. The molecule has 6 nitrogen and oxygen atoms in total. The number of phenolic OH excluding ortho intramolecular Hbond substituents is 1. The van der Waals surface area contributed by atoms with E-state index in [9.17, 15) is 9.90 Å².